The van der Waals surface area contributed by atoms with Crippen molar-refractivity contribution in [1.82, 2.24) is 4.98 Å². The fourth-order valence-electron chi connectivity index (χ4n) is 3.36. The Balaban J connectivity index is 1.64. The number of benzene rings is 3. The van der Waals surface area contributed by atoms with Crippen LogP contribution in [0.15, 0.2) is 72.8 Å². The summed E-state index contributed by atoms with van der Waals surface area (Å²) in [6.07, 6.45) is -4.51. The zero-order valence-electron chi connectivity index (χ0n) is 16.5. The monoisotopic (exact) mass is 421 g/mol. The number of halogens is 3. The Kier molecular flexibility index (Phi) is 5.10. The highest BCUT2D eigenvalue weighted by atomic mass is 19.4. The predicted octanol–water partition coefficient (Wildman–Crippen LogP) is 6.06. The lowest BCUT2D eigenvalue weighted by Crippen LogP contribution is -2.14. The number of aromatic nitrogens is 1. The van der Waals surface area contributed by atoms with Gasteiger partial charge in [0.2, 0.25) is 0 Å². The Bertz CT molecular complexity index is 1300. The molecule has 0 aliphatic heterocycles. The second-order valence-electron chi connectivity index (χ2n) is 7.21. The fourth-order valence-corrected chi connectivity index (χ4v) is 3.36. The number of nitrogen functional groups attached to an aromatic ring is 1. The van der Waals surface area contributed by atoms with Crippen LogP contribution < -0.4 is 11.1 Å². The van der Waals surface area contributed by atoms with E-state index in [0.717, 1.165) is 39.7 Å². The van der Waals surface area contributed by atoms with Gasteiger partial charge in [0.05, 0.1) is 11.1 Å². The first-order valence-corrected chi connectivity index (χ1v) is 9.47. The summed E-state index contributed by atoms with van der Waals surface area (Å²) in [6.45, 7) is 1.94. The number of nitrogens with one attached hydrogen (secondary N) is 1. The molecule has 0 saturated carbocycles. The van der Waals surface area contributed by atoms with Gasteiger partial charge in [-0.05, 0) is 78.2 Å². The number of rotatable bonds is 3. The maximum absolute atomic E-state index is 12.9. The summed E-state index contributed by atoms with van der Waals surface area (Å²) in [5.41, 5.74) is 8.86. The topological polar surface area (TPSA) is 68.0 Å². The molecule has 1 aromatic heterocycles. The molecule has 31 heavy (non-hydrogen) atoms. The second-order valence-corrected chi connectivity index (χ2v) is 7.21. The molecule has 0 radical (unpaired) electrons. The minimum Gasteiger partial charge on any atom is -0.384 e. The Morgan fingerprint density at radius 3 is 2.55 bits per heavy atom. The summed E-state index contributed by atoms with van der Waals surface area (Å²) in [7, 11) is 0. The molecule has 3 aromatic carbocycles. The number of aryl methyl sites for hydroxylation is 1. The van der Waals surface area contributed by atoms with Crippen LogP contribution >= 0.6 is 0 Å². The number of anilines is 2. The minimum absolute atomic E-state index is 0.0636. The van der Waals surface area contributed by atoms with E-state index in [2.05, 4.69) is 10.3 Å². The average Bonchev–Trinajstić information content (AvgIpc) is 2.74. The third kappa shape index (κ3) is 4.35. The number of hydrogen-bond donors (Lipinski definition) is 2. The molecule has 3 N–H and O–H groups in total. The van der Waals surface area contributed by atoms with Gasteiger partial charge in [-0.15, -0.1) is 0 Å². The van der Waals surface area contributed by atoms with Crippen LogP contribution in [0.4, 0.5) is 24.7 Å². The summed E-state index contributed by atoms with van der Waals surface area (Å²) >= 11 is 0. The number of alkyl halides is 3. The molecule has 7 heteroatoms. The molecule has 0 atom stereocenters. The number of nitrogens with zero attached hydrogens (tertiary/aromatic N) is 1. The van der Waals surface area contributed by atoms with E-state index in [1.807, 2.05) is 37.3 Å². The van der Waals surface area contributed by atoms with Crippen molar-refractivity contribution in [3.05, 3.63) is 89.5 Å². The number of fused-ring (bicyclic) bond motifs is 1. The summed E-state index contributed by atoms with van der Waals surface area (Å²) in [5.74, 6) is -0.171. The zero-order chi connectivity index (χ0) is 22.2. The van der Waals surface area contributed by atoms with Gasteiger partial charge in [0.1, 0.15) is 5.82 Å². The van der Waals surface area contributed by atoms with Crippen LogP contribution in [0.5, 0.6) is 0 Å². The van der Waals surface area contributed by atoms with Gasteiger partial charge in [-0.3, -0.25) is 4.79 Å². The van der Waals surface area contributed by atoms with Gasteiger partial charge in [-0.2, -0.15) is 13.2 Å². The van der Waals surface area contributed by atoms with E-state index in [-0.39, 0.29) is 5.56 Å². The van der Waals surface area contributed by atoms with Gasteiger partial charge in [-0.1, -0.05) is 18.2 Å². The Labute approximate surface area is 176 Å². The summed E-state index contributed by atoms with van der Waals surface area (Å²) in [4.78, 5) is 16.8. The predicted molar refractivity (Wildman–Crippen MR) is 116 cm³/mol. The van der Waals surface area contributed by atoms with E-state index in [9.17, 15) is 18.0 Å². The van der Waals surface area contributed by atoms with Gasteiger partial charge >= 0.3 is 6.18 Å². The maximum atomic E-state index is 12.9. The first kappa shape index (κ1) is 20.4. The molecular weight excluding hydrogens is 403 g/mol. The molecule has 1 heterocycles. The first-order chi connectivity index (χ1) is 14.7. The number of hydrogen-bond acceptors (Lipinski definition) is 3. The number of amides is 1. The van der Waals surface area contributed by atoms with Crippen LogP contribution in [0.3, 0.4) is 0 Å². The zero-order valence-corrected chi connectivity index (χ0v) is 16.5. The Hall–Kier alpha value is -3.87. The van der Waals surface area contributed by atoms with Crippen LogP contribution in [0, 0.1) is 6.92 Å². The number of nitrogens with two attached hydrogens (primary N) is 1. The third-order valence-electron chi connectivity index (χ3n) is 4.97. The number of pyridine rings is 1. The SMILES string of the molecule is Cc1ccc(NC(=O)c2cccc(C(F)(F)F)c2)cc1-c1ccc2nc(N)ccc2c1. The van der Waals surface area contributed by atoms with Gasteiger partial charge in [0.15, 0.2) is 0 Å². The van der Waals surface area contributed by atoms with Crippen LogP contribution in [0.2, 0.25) is 0 Å². The molecule has 0 fully saturated rings. The lowest BCUT2D eigenvalue weighted by molar-refractivity contribution is -0.137. The van der Waals surface area contributed by atoms with Crippen molar-refractivity contribution in [1.29, 1.82) is 0 Å². The van der Waals surface area contributed by atoms with E-state index < -0.39 is 17.6 Å². The van der Waals surface area contributed by atoms with E-state index in [0.29, 0.717) is 11.5 Å². The molecule has 4 nitrogen and oxygen atoms in total. The van der Waals surface area contributed by atoms with Crippen molar-refractivity contribution in [2.75, 3.05) is 11.1 Å². The van der Waals surface area contributed by atoms with Gasteiger partial charge in [0.25, 0.3) is 5.91 Å². The highest BCUT2D eigenvalue weighted by Crippen LogP contribution is 2.31. The molecule has 0 aliphatic carbocycles. The van der Waals surface area contributed by atoms with Crippen LogP contribution in [0.1, 0.15) is 21.5 Å². The molecule has 0 spiro atoms. The van der Waals surface area contributed by atoms with E-state index in [1.165, 1.54) is 12.1 Å². The average molecular weight is 421 g/mol. The molecule has 4 aromatic rings. The lowest BCUT2D eigenvalue weighted by atomic mass is 9.98. The Morgan fingerprint density at radius 2 is 1.77 bits per heavy atom. The normalized spacial score (nSPS) is 11.5. The molecule has 1 amide bonds. The molecule has 0 bridgehead atoms. The molecular formula is C24H18F3N3O. The number of carbonyl (C=O) groups is 1. The largest absolute Gasteiger partial charge is 0.416 e. The van der Waals surface area contributed by atoms with Gasteiger partial charge < -0.3 is 11.1 Å². The summed E-state index contributed by atoms with van der Waals surface area (Å²) in [6, 6.07) is 19.1. The molecule has 0 aliphatic rings. The van der Waals surface area contributed by atoms with Crippen LogP contribution in [-0.2, 0) is 6.18 Å². The molecule has 0 saturated heterocycles. The fraction of sp³-hybridized carbons (Fsp3) is 0.0833. The quantitative estimate of drug-likeness (QED) is 0.422. The summed E-state index contributed by atoms with van der Waals surface area (Å²) in [5, 5.41) is 3.60. The van der Waals surface area contributed by atoms with Crippen molar-refractivity contribution in [3.8, 4) is 11.1 Å². The standard InChI is InChI=1S/C24H18F3N3O/c1-14-5-8-19(29-23(31)17-3-2-4-18(12-17)24(25,26)27)13-20(14)15-6-9-21-16(11-15)7-10-22(28)30-21/h2-13H,1H3,(H2,28,30)(H,29,31). The maximum Gasteiger partial charge on any atom is 0.416 e. The van der Waals surface area contributed by atoms with E-state index in [1.54, 1.807) is 18.2 Å². The minimum atomic E-state index is -4.51. The highest BCUT2D eigenvalue weighted by Gasteiger charge is 2.30. The van der Waals surface area contributed by atoms with Gasteiger partial charge in [-0.25, -0.2) is 4.98 Å². The van der Waals surface area contributed by atoms with Crippen molar-refractivity contribution >= 4 is 28.3 Å². The van der Waals surface area contributed by atoms with Gasteiger partial charge in [0, 0.05) is 16.6 Å². The molecule has 0 unspecified atom stereocenters. The molecule has 156 valence electrons. The molecule has 4 rings (SSSR count). The second kappa shape index (κ2) is 7.75. The van der Waals surface area contributed by atoms with E-state index in [4.69, 9.17) is 5.73 Å². The highest BCUT2D eigenvalue weighted by molar-refractivity contribution is 6.04. The van der Waals surface area contributed by atoms with Crippen molar-refractivity contribution < 1.29 is 18.0 Å². The Morgan fingerprint density at radius 1 is 0.968 bits per heavy atom. The van der Waals surface area contributed by atoms with Crippen LogP contribution in [0.25, 0.3) is 22.0 Å². The lowest BCUT2D eigenvalue weighted by Gasteiger charge is -2.12. The number of carbonyl (C=O) groups excluding carboxylic acids is 1. The first-order valence-electron chi connectivity index (χ1n) is 9.47. The van der Waals surface area contributed by atoms with E-state index >= 15 is 0 Å². The van der Waals surface area contributed by atoms with Crippen molar-refractivity contribution in [2.45, 2.75) is 13.1 Å². The van der Waals surface area contributed by atoms with Crippen molar-refractivity contribution in [2.24, 2.45) is 0 Å². The van der Waals surface area contributed by atoms with Crippen LogP contribution in [-0.4, -0.2) is 10.9 Å². The third-order valence-corrected chi connectivity index (χ3v) is 4.97. The van der Waals surface area contributed by atoms with Crippen molar-refractivity contribution in [3.63, 3.8) is 0 Å². The smallest absolute Gasteiger partial charge is 0.384 e. The summed E-state index contributed by atoms with van der Waals surface area (Å²) < 4.78 is 38.8.